The number of ether oxygens (including phenoxy) is 2. The van der Waals surface area contributed by atoms with Gasteiger partial charge in [0.2, 0.25) is 0 Å². The maximum atomic E-state index is 13.0. The molecule has 5 nitrogen and oxygen atoms in total. The molecule has 1 amide bonds. The van der Waals surface area contributed by atoms with Gasteiger partial charge in [0.05, 0.1) is 17.4 Å². The van der Waals surface area contributed by atoms with Gasteiger partial charge in [-0.3, -0.25) is 4.79 Å². The van der Waals surface area contributed by atoms with Gasteiger partial charge in [0, 0.05) is 12.7 Å². The lowest BCUT2D eigenvalue weighted by atomic mass is 9.92. The zero-order valence-electron chi connectivity index (χ0n) is 16.1. The molecule has 1 saturated carbocycles. The first kappa shape index (κ1) is 20.3. The summed E-state index contributed by atoms with van der Waals surface area (Å²) in [5, 5.41) is 12.4. The van der Waals surface area contributed by atoms with E-state index in [4.69, 9.17) is 9.47 Å². The molecule has 1 aliphatic rings. The first-order valence-electron chi connectivity index (χ1n) is 9.71. The Labute approximate surface area is 156 Å². The van der Waals surface area contributed by atoms with E-state index in [1.54, 1.807) is 18.2 Å². The van der Waals surface area contributed by atoms with Gasteiger partial charge in [-0.2, -0.15) is 5.26 Å². The summed E-state index contributed by atoms with van der Waals surface area (Å²) in [7, 11) is 0. The highest BCUT2D eigenvalue weighted by Gasteiger charge is 2.39. The van der Waals surface area contributed by atoms with E-state index in [0.717, 1.165) is 44.9 Å². The smallest absolute Gasteiger partial charge is 0.256 e. The summed E-state index contributed by atoms with van der Waals surface area (Å²) in [5.41, 5.74) is 0.126. The molecule has 0 bridgehead atoms. The Kier molecular flexibility index (Phi) is 7.47. The van der Waals surface area contributed by atoms with E-state index in [1.807, 2.05) is 20.8 Å². The predicted molar refractivity (Wildman–Crippen MR) is 102 cm³/mol. The summed E-state index contributed by atoms with van der Waals surface area (Å²) in [4.78, 5) is 13.0. The molecule has 0 unspecified atom stereocenters. The van der Waals surface area contributed by atoms with E-state index >= 15 is 0 Å². The summed E-state index contributed by atoms with van der Waals surface area (Å²) in [5.74, 6) is 0.497. The minimum atomic E-state index is -0.788. The predicted octanol–water partition coefficient (Wildman–Crippen LogP) is 4.80. The Morgan fingerprint density at radius 3 is 2.54 bits per heavy atom. The van der Waals surface area contributed by atoms with Crippen LogP contribution in [0.4, 0.5) is 5.69 Å². The summed E-state index contributed by atoms with van der Waals surface area (Å²) < 4.78 is 11.7. The molecule has 1 atom stereocenters. The Morgan fingerprint density at radius 1 is 1.27 bits per heavy atom. The molecule has 0 heterocycles. The molecule has 0 saturated heterocycles. The first-order chi connectivity index (χ1) is 12.5. The molecule has 0 spiro atoms. The number of carbonyl (C=O) groups is 1. The van der Waals surface area contributed by atoms with Gasteiger partial charge in [-0.05, 0) is 45.2 Å². The number of anilines is 1. The summed E-state index contributed by atoms with van der Waals surface area (Å²) in [6, 6.07) is 7.37. The Bertz CT molecular complexity index is 643. The average molecular weight is 358 g/mol. The monoisotopic (exact) mass is 358 g/mol. The number of carbonyl (C=O) groups excluding carboxylic acids is 1. The third kappa shape index (κ3) is 4.98. The lowest BCUT2D eigenvalue weighted by molar-refractivity contribution is -0.143. The van der Waals surface area contributed by atoms with Crippen molar-refractivity contribution in [3.05, 3.63) is 23.8 Å². The minimum Gasteiger partial charge on any atom is -0.491 e. The van der Waals surface area contributed by atoms with Crippen LogP contribution >= 0.6 is 0 Å². The van der Waals surface area contributed by atoms with Crippen LogP contribution in [0, 0.1) is 11.3 Å². The number of nitrogens with one attached hydrogen (secondary N) is 1. The molecule has 0 aliphatic heterocycles. The lowest BCUT2D eigenvalue weighted by Gasteiger charge is -2.31. The van der Waals surface area contributed by atoms with Crippen LogP contribution < -0.4 is 10.1 Å². The Morgan fingerprint density at radius 2 is 1.96 bits per heavy atom. The highest BCUT2D eigenvalue weighted by Crippen LogP contribution is 2.33. The SMILES string of the molecule is CCOC1(C(=O)Nc2ccc(O[C@@H](C)CC)cc2C#N)CCCCCC1. The number of hydrogen-bond donors (Lipinski definition) is 1. The number of benzene rings is 1. The molecule has 1 aromatic rings. The quantitative estimate of drug-likeness (QED) is 0.710. The third-order valence-electron chi connectivity index (χ3n) is 5.02. The van der Waals surface area contributed by atoms with Crippen molar-refractivity contribution in [2.24, 2.45) is 0 Å². The van der Waals surface area contributed by atoms with Crippen molar-refractivity contribution in [2.75, 3.05) is 11.9 Å². The fourth-order valence-corrected chi connectivity index (χ4v) is 3.36. The fourth-order valence-electron chi connectivity index (χ4n) is 3.36. The first-order valence-corrected chi connectivity index (χ1v) is 9.71. The highest BCUT2D eigenvalue weighted by atomic mass is 16.5. The second kappa shape index (κ2) is 9.59. The van der Waals surface area contributed by atoms with E-state index in [2.05, 4.69) is 11.4 Å². The number of amides is 1. The molecule has 1 aliphatic carbocycles. The molecular formula is C21H30N2O3. The third-order valence-corrected chi connectivity index (χ3v) is 5.02. The van der Waals surface area contributed by atoms with Crippen molar-refractivity contribution in [1.82, 2.24) is 0 Å². The normalized spacial score (nSPS) is 17.6. The van der Waals surface area contributed by atoms with Crippen LogP contribution in [0.1, 0.15) is 71.3 Å². The number of nitrogens with zero attached hydrogens (tertiary/aromatic N) is 1. The second-order valence-electron chi connectivity index (χ2n) is 6.95. The van der Waals surface area contributed by atoms with E-state index < -0.39 is 5.60 Å². The zero-order chi connectivity index (χ0) is 19.0. The van der Waals surface area contributed by atoms with Crippen molar-refractivity contribution < 1.29 is 14.3 Å². The number of nitriles is 1. The molecule has 0 aromatic heterocycles. The van der Waals surface area contributed by atoms with E-state index in [9.17, 15) is 10.1 Å². The van der Waals surface area contributed by atoms with Crippen LogP contribution in [0.25, 0.3) is 0 Å². The largest absolute Gasteiger partial charge is 0.491 e. The number of hydrogen-bond acceptors (Lipinski definition) is 4. The van der Waals surface area contributed by atoms with E-state index in [0.29, 0.717) is 23.6 Å². The van der Waals surface area contributed by atoms with Crippen LogP contribution in [0.5, 0.6) is 5.75 Å². The molecule has 1 aromatic carbocycles. The van der Waals surface area contributed by atoms with Gasteiger partial charge in [-0.1, -0.05) is 32.6 Å². The zero-order valence-corrected chi connectivity index (χ0v) is 16.1. The molecule has 0 radical (unpaired) electrons. The van der Waals surface area contributed by atoms with Crippen molar-refractivity contribution in [2.45, 2.75) is 77.4 Å². The molecule has 26 heavy (non-hydrogen) atoms. The summed E-state index contributed by atoms with van der Waals surface area (Å²) in [6.45, 7) is 6.45. The van der Waals surface area contributed by atoms with Crippen molar-refractivity contribution >= 4 is 11.6 Å². The highest BCUT2D eigenvalue weighted by molar-refractivity contribution is 5.98. The van der Waals surface area contributed by atoms with Gasteiger partial charge in [-0.15, -0.1) is 0 Å². The molecular weight excluding hydrogens is 328 g/mol. The van der Waals surface area contributed by atoms with Crippen LogP contribution in [0.2, 0.25) is 0 Å². The van der Waals surface area contributed by atoms with Gasteiger partial charge in [0.15, 0.2) is 0 Å². The van der Waals surface area contributed by atoms with E-state index in [-0.39, 0.29) is 12.0 Å². The maximum Gasteiger partial charge on any atom is 0.256 e. The van der Waals surface area contributed by atoms with Crippen LogP contribution in [-0.2, 0) is 9.53 Å². The van der Waals surface area contributed by atoms with Crippen molar-refractivity contribution in [3.8, 4) is 11.8 Å². The molecule has 5 heteroatoms. The summed E-state index contributed by atoms with van der Waals surface area (Å²) >= 11 is 0. The molecule has 1 fully saturated rings. The minimum absolute atomic E-state index is 0.0780. The van der Waals surface area contributed by atoms with Crippen molar-refractivity contribution in [3.63, 3.8) is 0 Å². The van der Waals surface area contributed by atoms with Crippen LogP contribution in [-0.4, -0.2) is 24.2 Å². The topological polar surface area (TPSA) is 71.3 Å². The van der Waals surface area contributed by atoms with Crippen molar-refractivity contribution in [1.29, 1.82) is 5.26 Å². The molecule has 1 N–H and O–H groups in total. The Hall–Kier alpha value is -2.06. The van der Waals surface area contributed by atoms with Gasteiger partial charge in [0.25, 0.3) is 5.91 Å². The van der Waals surface area contributed by atoms with E-state index in [1.165, 1.54) is 0 Å². The van der Waals surface area contributed by atoms with Crippen LogP contribution in [0.3, 0.4) is 0 Å². The number of rotatable bonds is 7. The van der Waals surface area contributed by atoms with Gasteiger partial charge < -0.3 is 14.8 Å². The molecule has 2 rings (SSSR count). The fraction of sp³-hybridized carbons (Fsp3) is 0.619. The van der Waals surface area contributed by atoms with Gasteiger partial charge >= 0.3 is 0 Å². The molecule has 142 valence electrons. The second-order valence-corrected chi connectivity index (χ2v) is 6.95. The van der Waals surface area contributed by atoms with Crippen LogP contribution in [0.15, 0.2) is 18.2 Å². The maximum absolute atomic E-state index is 13.0. The lowest BCUT2D eigenvalue weighted by Crippen LogP contribution is -2.45. The van der Waals surface area contributed by atoms with Gasteiger partial charge in [0.1, 0.15) is 17.4 Å². The standard InChI is InChI=1S/C21H30N2O3/c1-4-16(3)26-18-10-11-19(17(14-18)15-22)23-20(24)21(25-5-2)12-8-6-7-9-13-21/h10-11,14,16H,4-9,12-13H2,1-3H3,(H,23,24)/t16-/m0/s1. The van der Waals surface area contributed by atoms with Gasteiger partial charge in [-0.25, -0.2) is 0 Å². The Balaban J connectivity index is 2.19. The summed E-state index contributed by atoms with van der Waals surface area (Å²) in [6.07, 6.45) is 6.65. The average Bonchev–Trinajstić information content (AvgIpc) is 2.89.